The van der Waals surface area contributed by atoms with E-state index in [1.807, 2.05) is 6.07 Å². The number of hydrogen-bond acceptors (Lipinski definition) is 3. The number of carbonyl (C=O) groups is 1. The molecule has 0 unspecified atom stereocenters. The number of nitrogens with zero attached hydrogens (tertiary/aromatic N) is 3. The maximum absolute atomic E-state index is 10.4. The van der Waals surface area contributed by atoms with Crippen LogP contribution in [0.4, 0.5) is 0 Å². The molecule has 0 radical (unpaired) electrons. The molecule has 78 valence electrons. The number of hydrogen-bond donors (Lipinski definition) is 1. The number of aromatic nitrogens is 2. The Kier molecular flexibility index (Phi) is 2.40. The van der Waals surface area contributed by atoms with Crippen LogP contribution in [0.1, 0.15) is 11.5 Å². The summed E-state index contributed by atoms with van der Waals surface area (Å²) in [4.78, 5) is 14.4. The van der Waals surface area contributed by atoms with Crippen molar-refractivity contribution in [1.29, 1.82) is 5.26 Å². The van der Waals surface area contributed by atoms with Gasteiger partial charge in [-0.05, 0) is 18.2 Å². The minimum Gasteiger partial charge on any atom is -0.478 e. The van der Waals surface area contributed by atoms with E-state index in [2.05, 4.69) is 4.98 Å². The molecule has 2 aromatic heterocycles. The third-order valence-electron chi connectivity index (χ3n) is 2.06. The standard InChI is InChI=1S/C11H7N3O2/c12-7-8-9-3-1-2-6-14(9)10(13-8)4-5-11(15)16/h1-6H,(H,15,16)/b5-4+. The van der Waals surface area contributed by atoms with Crippen LogP contribution in [0.2, 0.25) is 0 Å². The number of imidazole rings is 1. The van der Waals surface area contributed by atoms with Crippen molar-refractivity contribution >= 4 is 17.6 Å². The molecule has 2 aromatic rings. The summed E-state index contributed by atoms with van der Waals surface area (Å²) in [5.74, 6) is -0.624. The minimum absolute atomic E-state index is 0.283. The van der Waals surface area contributed by atoms with Crippen molar-refractivity contribution in [2.24, 2.45) is 0 Å². The third-order valence-corrected chi connectivity index (χ3v) is 2.06. The van der Waals surface area contributed by atoms with Gasteiger partial charge in [-0.2, -0.15) is 5.26 Å². The monoisotopic (exact) mass is 213 g/mol. The Morgan fingerprint density at radius 3 is 3.06 bits per heavy atom. The number of nitriles is 1. The van der Waals surface area contributed by atoms with Crippen molar-refractivity contribution in [3.63, 3.8) is 0 Å². The predicted octanol–water partition coefficient (Wildman–Crippen LogP) is 1.30. The Labute approximate surface area is 90.9 Å². The first kappa shape index (κ1) is 9.93. The second-order valence-corrected chi connectivity index (χ2v) is 3.06. The van der Waals surface area contributed by atoms with Gasteiger partial charge in [0.15, 0.2) is 5.69 Å². The zero-order valence-corrected chi connectivity index (χ0v) is 8.16. The van der Waals surface area contributed by atoms with Crippen molar-refractivity contribution in [2.45, 2.75) is 0 Å². The van der Waals surface area contributed by atoms with Gasteiger partial charge in [0.1, 0.15) is 11.9 Å². The molecule has 0 fully saturated rings. The van der Waals surface area contributed by atoms with Crippen LogP contribution < -0.4 is 0 Å². The Morgan fingerprint density at radius 2 is 2.38 bits per heavy atom. The zero-order valence-electron chi connectivity index (χ0n) is 8.16. The van der Waals surface area contributed by atoms with E-state index < -0.39 is 5.97 Å². The molecule has 0 amide bonds. The number of fused-ring (bicyclic) bond motifs is 1. The molecule has 2 heterocycles. The smallest absolute Gasteiger partial charge is 0.328 e. The van der Waals surface area contributed by atoms with Gasteiger partial charge in [-0.1, -0.05) is 6.07 Å². The van der Waals surface area contributed by atoms with Gasteiger partial charge in [0.2, 0.25) is 0 Å². The van der Waals surface area contributed by atoms with Gasteiger partial charge in [0.05, 0.1) is 5.52 Å². The van der Waals surface area contributed by atoms with Crippen LogP contribution in [-0.2, 0) is 4.79 Å². The van der Waals surface area contributed by atoms with E-state index in [1.165, 1.54) is 6.08 Å². The molecule has 5 nitrogen and oxygen atoms in total. The lowest BCUT2D eigenvalue weighted by molar-refractivity contribution is -0.131. The molecule has 0 aromatic carbocycles. The summed E-state index contributed by atoms with van der Waals surface area (Å²) < 4.78 is 1.66. The van der Waals surface area contributed by atoms with Gasteiger partial charge in [-0.3, -0.25) is 4.40 Å². The highest BCUT2D eigenvalue weighted by atomic mass is 16.4. The van der Waals surface area contributed by atoms with E-state index in [9.17, 15) is 4.79 Å². The first-order chi connectivity index (χ1) is 7.72. The summed E-state index contributed by atoms with van der Waals surface area (Å²) in [5, 5.41) is 17.4. The average molecular weight is 213 g/mol. The van der Waals surface area contributed by atoms with Gasteiger partial charge in [0.25, 0.3) is 0 Å². The van der Waals surface area contributed by atoms with Crippen molar-refractivity contribution in [3.8, 4) is 6.07 Å². The van der Waals surface area contributed by atoms with E-state index in [0.717, 1.165) is 6.08 Å². The summed E-state index contributed by atoms with van der Waals surface area (Å²) in [5.41, 5.74) is 0.945. The van der Waals surface area contributed by atoms with E-state index in [4.69, 9.17) is 10.4 Å². The molecule has 16 heavy (non-hydrogen) atoms. The molecular formula is C11H7N3O2. The lowest BCUT2D eigenvalue weighted by Gasteiger charge is -1.93. The van der Waals surface area contributed by atoms with Crippen LogP contribution in [0.25, 0.3) is 11.6 Å². The van der Waals surface area contributed by atoms with E-state index >= 15 is 0 Å². The quantitative estimate of drug-likeness (QED) is 0.762. The molecule has 0 aliphatic rings. The van der Waals surface area contributed by atoms with E-state index in [1.54, 1.807) is 28.8 Å². The highest BCUT2D eigenvalue weighted by Crippen LogP contribution is 2.12. The van der Waals surface area contributed by atoms with Crippen molar-refractivity contribution in [1.82, 2.24) is 9.38 Å². The lowest BCUT2D eigenvalue weighted by Crippen LogP contribution is -1.89. The van der Waals surface area contributed by atoms with Crippen LogP contribution in [0.5, 0.6) is 0 Å². The molecule has 0 aliphatic carbocycles. The molecule has 0 saturated heterocycles. The summed E-state index contributed by atoms with van der Waals surface area (Å²) in [6.07, 6.45) is 4.07. The molecule has 5 heteroatoms. The fraction of sp³-hybridized carbons (Fsp3) is 0. The fourth-order valence-corrected chi connectivity index (χ4v) is 1.41. The first-order valence-electron chi connectivity index (χ1n) is 4.50. The van der Waals surface area contributed by atoms with Crippen LogP contribution >= 0.6 is 0 Å². The van der Waals surface area contributed by atoms with Crippen LogP contribution in [-0.4, -0.2) is 20.5 Å². The maximum Gasteiger partial charge on any atom is 0.328 e. The van der Waals surface area contributed by atoms with Crippen LogP contribution in [0, 0.1) is 11.3 Å². The van der Waals surface area contributed by atoms with E-state index in [0.29, 0.717) is 11.3 Å². The average Bonchev–Trinajstić information content (AvgIpc) is 2.65. The van der Waals surface area contributed by atoms with Crippen molar-refractivity contribution in [2.75, 3.05) is 0 Å². The summed E-state index contributed by atoms with van der Waals surface area (Å²) in [7, 11) is 0. The normalized spacial score (nSPS) is 10.7. The van der Waals surface area contributed by atoms with Crippen molar-refractivity contribution < 1.29 is 9.90 Å². The molecule has 0 bridgehead atoms. The SMILES string of the molecule is N#Cc1nc(/C=C/C(=O)O)n2ccccc12. The number of aliphatic carboxylic acids is 1. The van der Waals surface area contributed by atoms with Gasteiger partial charge < -0.3 is 5.11 Å². The Bertz CT molecular complexity index is 620. The second kappa shape index (κ2) is 3.87. The topological polar surface area (TPSA) is 78.4 Å². The Hall–Kier alpha value is -2.61. The molecule has 0 aliphatic heterocycles. The first-order valence-corrected chi connectivity index (χ1v) is 4.50. The van der Waals surface area contributed by atoms with Gasteiger partial charge in [0, 0.05) is 12.3 Å². The summed E-state index contributed by atoms with van der Waals surface area (Å²) >= 11 is 0. The molecule has 0 spiro atoms. The van der Waals surface area contributed by atoms with Gasteiger partial charge in [-0.15, -0.1) is 0 Å². The van der Waals surface area contributed by atoms with Gasteiger partial charge >= 0.3 is 5.97 Å². The largest absolute Gasteiger partial charge is 0.478 e. The third kappa shape index (κ3) is 1.64. The molecule has 0 atom stereocenters. The number of rotatable bonds is 2. The zero-order chi connectivity index (χ0) is 11.5. The number of carboxylic acid groups (broad SMARTS) is 1. The highest BCUT2D eigenvalue weighted by Gasteiger charge is 2.07. The maximum atomic E-state index is 10.4. The minimum atomic E-state index is -1.05. The Morgan fingerprint density at radius 1 is 1.56 bits per heavy atom. The van der Waals surface area contributed by atoms with Crippen LogP contribution in [0.3, 0.4) is 0 Å². The molecule has 2 rings (SSSR count). The fourth-order valence-electron chi connectivity index (χ4n) is 1.41. The van der Waals surface area contributed by atoms with Crippen molar-refractivity contribution in [3.05, 3.63) is 42.0 Å². The predicted molar refractivity (Wildman–Crippen MR) is 56.6 cm³/mol. The van der Waals surface area contributed by atoms with E-state index in [-0.39, 0.29) is 5.69 Å². The van der Waals surface area contributed by atoms with Gasteiger partial charge in [-0.25, -0.2) is 9.78 Å². The molecule has 1 N–H and O–H groups in total. The second-order valence-electron chi connectivity index (χ2n) is 3.06. The Balaban J connectivity index is 2.63. The lowest BCUT2D eigenvalue weighted by atomic mass is 10.3. The molecule has 0 saturated carbocycles. The molecular weight excluding hydrogens is 206 g/mol. The number of pyridine rings is 1. The summed E-state index contributed by atoms with van der Waals surface area (Å²) in [6.45, 7) is 0. The van der Waals surface area contributed by atoms with Crippen LogP contribution in [0.15, 0.2) is 30.5 Å². The summed E-state index contributed by atoms with van der Waals surface area (Å²) in [6, 6.07) is 7.30. The highest BCUT2D eigenvalue weighted by molar-refractivity contribution is 5.85. The number of carboxylic acids is 1.